The molecule has 1 amide bonds. The van der Waals surface area contributed by atoms with Gasteiger partial charge in [-0.05, 0) is 43.2 Å². The quantitative estimate of drug-likeness (QED) is 0.786. The molecule has 25 heavy (non-hydrogen) atoms. The van der Waals surface area contributed by atoms with Crippen molar-refractivity contribution >= 4 is 27.6 Å². The third kappa shape index (κ3) is 4.88. The maximum atomic E-state index is 12.0. The molecule has 0 atom stereocenters. The molecule has 2 rings (SSSR count). The smallest absolute Gasteiger partial charge is 0.338 e. The number of carbonyl (C=O) groups is 2. The van der Waals surface area contributed by atoms with Crippen molar-refractivity contribution in [3.8, 4) is 0 Å². The number of esters is 1. The van der Waals surface area contributed by atoms with E-state index in [4.69, 9.17) is 9.88 Å². The van der Waals surface area contributed by atoms with Crippen LogP contribution in [0.4, 0.5) is 5.69 Å². The molecule has 0 aliphatic heterocycles. The van der Waals surface area contributed by atoms with Crippen molar-refractivity contribution in [3.63, 3.8) is 0 Å². The van der Waals surface area contributed by atoms with Gasteiger partial charge in [0.1, 0.15) is 0 Å². The van der Waals surface area contributed by atoms with Crippen molar-refractivity contribution in [2.75, 3.05) is 11.9 Å². The highest BCUT2D eigenvalue weighted by atomic mass is 32.2. The van der Waals surface area contributed by atoms with Crippen LogP contribution in [0.5, 0.6) is 0 Å². The number of aryl methyl sites for hydroxylation is 2. The Balaban J connectivity index is 2.02. The Hall–Kier alpha value is -2.71. The lowest BCUT2D eigenvalue weighted by atomic mass is 10.1. The Morgan fingerprint density at radius 3 is 2.40 bits per heavy atom. The fraction of sp³-hybridized carbons (Fsp3) is 0.176. The normalized spacial score (nSPS) is 11.0. The predicted molar refractivity (Wildman–Crippen MR) is 92.6 cm³/mol. The fourth-order valence-corrected chi connectivity index (χ4v) is 3.00. The van der Waals surface area contributed by atoms with Crippen molar-refractivity contribution in [3.05, 3.63) is 59.2 Å². The Labute approximate surface area is 145 Å². The summed E-state index contributed by atoms with van der Waals surface area (Å²) in [7, 11) is -3.89. The minimum Gasteiger partial charge on any atom is -0.452 e. The van der Waals surface area contributed by atoms with Crippen LogP contribution in [0.1, 0.15) is 21.5 Å². The van der Waals surface area contributed by atoms with E-state index in [0.717, 1.165) is 5.56 Å². The monoisotopic (exact) mass is 362 g/mol. The number of primary sulfonamides is 1. The first-order valence-electron chi connectivity index (χ1n) is 7.34. The molecule has 0 aromatic heterocycles. The summed E-state index contributed by atoms with van der Waals surface area (Å²) in [5.74, 6) is -1.20. The minimum absolute atomic E-state index is 0.0813. The van der Waals surface area contributed by atoms with E-state index in [-0.39, 0.29) is 10.6 Å². The SMILES string of the molecule is Cc1ccccc1C(=O)OCC(=O)Nc1ccc(C)c(S(N)(=O)=O)c1. The second-order valence-corrected chi connectivity index (χ2v) is 6.99. The molecular formula is C17H18N2O5S. The molecular weight excluding hydrogens is 344 g/mol. The number of carbonyl (C=O) groups excluding carboxylic acids is 2. The fourth-order valence-electron chi connectivity index (χ4n) is 2.19. The van der Waals surface area contributed by atoms with Crippen molar-refractivity contribution in [1.29, 1.82) is 0 Å². The standard InChI is InChI=1S/C17H18N2O5S/c1-11-5-3-4-6-14(11)17(21)24-10-16(20)19-13-8-7-12(2)15(9-13)25(18,22)23/h3-9H,10H2,1-2H3,(H,19,20)(H2,18,22,23). The van der Waals surface area contributed by atoms with Crippen molar-refractivity contribution in [1.82, 2.24) is 0 Å². The first-order valence-corrected chi connectivity index (χ1v) is 8.89. The summed E-state index contributed by atoms with van der Waals surface area (Å²) in [6, 6.07) is 11.2. The zero-order valence-electron chi connectivity index (χ0n) is 13.8. The summed E-state index contributed by atoms with van der Waals surface area (Å²) in [5.41, 5.74) is 1.82. The van der Waals surface area contributed by atoms with Crippen LogP contribution in [-0.4, -0.2) is 26.9 Å². The van der Waals surface area contributed by atoms with Crippen LogP contribution in [0, 0.1) is 13.8 Å². The van der Waals surface area contributed by atoms with E-state index in [9.17, 15) is 18.0 Å². The van der Waals surface area contributed by atoms with Crippen molar-refractivity contribution in [2.24, 2.45) is 5.14 Å². The summed E-state index contributed by atoms with van der Waals surface area (Å²) >= 11 is 0. The number of hydrogen-bond donors (Lipinski definition) is 2. The average molecular weight is 362 g/mol. The highest BCUT2D eigenvalue weighted by molar-refractivity contribution is 7.89. The first kappa shape index (κ1) is 18.6. The molecule has 0 unspecified atom stereocenters. The van der Waals surface area contributed by atoms with Gasteiger partial charge in [0.05, 0.1) is 10.5 Å². The summed E-state index contributed by atoms with van der Waals surface area (Å²) < 4.78 is 28.0. The van der Waals surface area contributed by atoms with Gasteiger partial charge in [0.15, 0.2) is 6.61 Å². The number of ether oxygens (including phenoxy) is 1. The highest BCUT2D eigenvalue weighted by Gasteiger charge is 2.15. The maximum absolute atomic E-state index is 12.0. The number of benzene rings is 2. The molecule has 0 aliphatic carbocycles. The third-order valence-corrected chi connectivity index (χ3v) is 4.53. The largest absolute Gasteiger partial charge is 0.452 e. The minimum atomic E-state index is -3.89. The summed E-state index contributed by atoms with van der Waals surface area (Å²) in [6.45, 7) is 2.86. The lowest BCUT2D eigenvalue weighted by Gasteiger charge is -2.10. The molecule has 2 aromatic carbocycles. The zero-order chi connectivity index (χ0) is 18.6. The molecule has 0 aliphatic rings. The second kappa shape index (κ2) is 7.45. The summed E-state index contributed by atoms with van der Waals surface area (Å²) in [4.78, 5) is 23.8. The topological polar surface area (TPSA) is 116 Å². The van der Waals surface area contributed by atoms with E-state index >= 15 is 0 Å². The Kier molecular flexibility index (Phi) is 5.55. The zero-order valence-corrected chi connectivity index (χ0v) is 14.6. The maximum Gasteiger partial charge on any atom is 0.338 e. The first-order chi connectivity index (χ1) is 11.7. The van der Waals surface area contributed by atoms with Gasteiger partial charge in [0, 0.05) is 5.69 Å². The molecule has 3 N–H and O–H groups in total. The van der Waals surface area contributed by atoms with Gasteiger partial charge < -0.3 is 10.1 Å². The van der Waals surface area contributed by atoms with Gasteiger partial charge >= 0.3 is 5.97 Å². The molecule has 8 heteroatoms. The molecule has 7 nitrogen and oxygen atoms in total. The molecule has 0 bridgehead atoms. The average Bonchev–Trinajstić information content (AvgIpc) is 2.54. The predicted octanol–water partition coefficient (Wildman–Crippen LogP) is 1.75. The van der Waals surface area contributed by atoms with E-state index in [0.29, 0.717) is 11.1 Å². The van der Waals surface area contributed by atoms with Crippen LogP contribution in [0.15, 0.2) is 47.4 Å². The molecule has 0 fully saturated rings. The van der Waals surface area contributed by atoms with Crippen LogP contribution >= 0.6 is 0 Å². The molecule has 0 radical (unpaired) electrons. The van der Waals surface area contributed by atoms with Gasteiger partial charge in [0.25, 0.3) is 5.91 Å². The van der Waals surface area contributed by atoms with Crippen molar-refractivity contribution in [2.45, 2.75) is 18.7 Å². The number of nitrogens with two attached hydrogens (primary N) is 1. The van der Waals surface area contributed by atoms with Crippen LogP contribution in [0.3, 0.4) is 0 Å². The summed E-state index contributed by atoms with van der Waals surface area (Å²) in [6.07, 6.45) is 0. The van der Waals surface area contributed by atoms with E-state index in [2.05, 4.69) is 5.32 Å². The van der Waals surface area contributed by atoms with Crippen LogP contribution in [0.2, 0.25) is 0 Å². The lowest BCUT2D eigenvalue weighted by molar-refractivity contribution is -0.119. The van der Waals surface area contributed by atoms with Gasteiger partial charge in [-0.15, -0.1) is 0 Å². The number of anilines is 1. The van der Waals surface area contributed by atoms with E-state index in [1.807, 2.05) is 0 Å². The van der Waals surface area contributed by atoms with E-state index in [1.54, 1.807) is 38.1 Å². The van der Waals surface area contributed by atoms with Gasteiger partial charge in [-0.2, -0.15) is 0 Å². The van der Waals surface area contributed by atoms with Gasteiger partial charge in [0.2, 0.25) is 10.0 Å². The molecule has 132 valence electrons. The van der Waals surface area contributed by atoms with Gasteiger partial charge in [-0.25, -0.2) is 18.4 Å². The molecule has 2 aromatic rings. The molecule has 0 saturated heterocycles. The second-order valence-electron chi connectivity index (χ2n) is 5.46. The number of amides is 1. The Morgan fingerprint density at radius 1 is 1.08 bits per heavy atom. The third-order valence-electron chi connectivity index (χ3n) is 3.48. The molecule has 0 heterocycles. The van der Waals surface area contributed by atoms with E-state index in [1.165, 1.54) is 18.2 Å². The van der Waals surface area contributed by atoms with Gasteiger partial charge in [-0.1, -0.05) is 24.3 Å². The van der Waals surface area contributed by atoms with E-state index < -0.39 is 28.5 Å². The number of rotatable bonds is 5. The Bertz CT molecular complexity index is 922. The highest BCUT2D eigenvalue weighted by Crippen LogP contribution is 2.19. The van der Waals surface area contributed by atoms with Gasteiger partial charge in [-0.3, -0.25) is 4.79 Å². The number of sulfonamides is 1. The molecule has 0 saturated carbocycles. The molecule has 0 spiro atoms. The summed E-state index contributed by atoms with van der Waals surface area (Å²) in [5, 5.41) is 7.59. The lowest BCUT2D eigenvalue weighted by Crippen LogP contribution is -2.21. The van der Waals surface area contributed by atoms with Crippen LogP contribution < -0.4 is 10.5 Å². The number of nitrogens with one attached hydrogen (secondary N) is 1. The Morgan fingerprint density at radius 2 is 1.76 bits per heavy atom. The van der Waals surface area contributed by atoms with Crippen LogP contribution in [-0.2, 0) is 19.6 Å². The van der Waals surface area contributed by atoms with Crippen LogP contribution in [0.25, 0.3) is 0 Å². The van der Waals surface area contributed by atoms with Crippen molar-refractivity contribution < 1.29 is 22.7 Å². The number of hydrogen-bond acceptors (Lipinski definition) is 5.